The van der Waals surface area contributed by atoms with Gasteiger partial charge in [-0.3, -0.25) is 10.1 Å². The molecule has 2 unspecified atom stereocenters. The van der Waals surface area contributed by atoms with Gasteiger partial charge < -0.3 is 9.64 Å². The largest absolute Gasteiger partial charge is 0.465 e. The Morgan fingerprint density at radius 1 is 1.43 bits per heavy atom. The minimum atomic E-state index is -0.482. The Morgan fingerprint density at radius 2 is 2.14 bits per heavy atom. The van der Waals surface area contributed by atoms with E-state index < -0.39 is 10.9 Å². The number of nitrogens with zero attached hydrogens (tertiary/aromatic N) is 2. The van der Waals surface area contributed by atoms with Crippen LogP contribution in [-0.2, 0) is 4.74 Å². The van der Waals surface area contributed by atoms with Gasteiger partial charge >= 0.3 is 5.97 Å². The number of hydrogen-bond donors (Lipinski definition) is 0. The molecule has 0 bridgehead atoms. The molecule has 0 spiro atoms. The predicted molar refractivity (Wildman–Crippen MR) is 79.6 cm³/mol. The fraction of sp³-hybridized carbons (Fsp3) is 0.533. The Balaban J connectivity index is 2.43. The van der Waals surface area contributed by atoms with Gasteiger partial charge in [0.2, 0.25) is 0 Å². The Kier molecular flexibility index (Phi) is 4.45. The lowest BCUT2D eigenvalue weighted by Gasteiger charge is -2.38. The standard InChI is InChI=1S/C15H20N2O4/c1-10-6-7-16(11(2)8-10)14-9-12(15(18)21-3)4-5-13(14)17(19)20/h4-5,9-11H,6-8H2,1-3H3. The highest BCUT2D eigenvalue weighted by Gasteiger charge is 2.29. The van der Waals surface area contributed by atoms with Gasteiger partial charge in [0.15, 0.2) is 0 Å². The second kappa shape index (κ2) is 6.11. The van der Waals surface area contributed by atoms with Gasteiger partial charge in [-0.05, 0) is 37.8 Å². The van der Waals surface area contributed by atoms with E-state index in [4.69, 9.17) is 4.74 Å². The predicted octanol–water partition coefficient (Wildman–Crippen LogP) is 3.01. The van der Waals surface area contributed by atoms with Crippen LogP contribution in [0.3, 0.4) is 0 Å². The van der Waals surface area contributed by atoms with Crippen molar-refractivity contribution in [2.45, 2.75) is 32.7 Å². The molecule has 1 heterocycles. The average molecular weight is 292 g/mol. The van der Waals surface area contributed by atoms with Crippen molar-refractivity contribution >= 4 is 17.3 Å². The summed E-state index contributed by atoms with van der Waals surface area (Å²) < 4.78 is 4.70. The van der Waals surface area contributed by atoms with Crippen LogP contribution in [0.2, 0.25) is 0 Å². The molecule has 0 N–H and O–H groups in total. The number of anilines is 1. The quantitative estimate of drug-likeness (QED) is 0.486. The lowest BCUT2D eigenvalue weighted by Crippen LogP contribution is -2.40. The van der Waals surface area contributed by atoms with E-state index in [2.05, 4.69) is 13.8 Å². The summed E-state index contributed by atoms with van der Waals surface area (Å²) in [6.07, 6.45) is 1.98. The first-order chi connectivity index (χ1) is 9.93. The van der Waals surface area contributed by atoms with Gasteiger partial charge in [-0.15, -0.1) is 0 Å². The van der Waals surface area contributed by atoms with Gasteiger partial charge in [0, 0.05) is 18.7 Å². The molecule has 21 heavy (non-hydrogen) atoms. The highest BCUT2D eigenvalue weighted by molar-refractivity contribution is 5.91. The SMILES string of the molecule is COC(=O)c1ccc([N+](=O)[O-])c(N2CCC(C)CC2C)c1. The minimum absolute atomic E-state index is 0.0315. The van der Waals surface area contributed by atoms with Gasteiger partial charge in [-0.2, -0.15) is 0 Å². The van der Waals surface area contributed by atoms with E-state index in [9.17, 15) is 14.9 Å². The van der Waals surface area contributed by atoms with Crippen molar-refractivity contribution in [2.24, 2.45) is 5.92 Å². The number of carbonyl (C=O) groups is 1. The molecule has 0 amide bonds. The van der Waals surface area contributed by atoms with E-state index in [1.807, 2.05) is 4.90 Å². The van der Waals surface area contributed by atoms with E-state index in [-0.39, 0.29) is 11.7 Å². The van der Waals surface area contributed by atoms with Crippen LogP contribution >= 0.6 is 0 Å². The molecule has 1 saturated heterocycles. The number of benzene rings is 1. The van der Waals surface area contributed by atoms with Crippen LogP contribution in [0.5, 0.6) is 0 Å². The van der Waals surface area contributed by atoms with Gasteiger partial charge in [0.1, 0.15) is 5.69 Å². The average Bonchev–Trinajstić information content (AvgIpc) is 2.45. The molecule has 2 atom stereocenters. The maximum absolute atomic E-state index is 11.7. The Morgan fingerprint density at radius 3 is 2.71 bits per heavy atom. The Hall–Kier alpha value is -2.11. The van der Waals surface area contributed by atoms with E-state index in [0.717, 1.165) is 19.4 Å². The number of nitro groups is 1. The summed E-state index contributed by atoms with van der Waals surface area (Å²) in [7, 11) is 1.30. The van der Waals surface area contributed by atoms with Gasteiger partial charge in [-0.25, -0.2) is 4.79 Å². The molecule has 1 aromatic carbocycles. The number of hydrogen-bond acceptors (Lipinski definition) is 5. The molecular formula is C15H20N2O4. The van der Waals surface area contributed by atoms with Crippen LogP contribution in [0.4, 0.5) is 11.4 Å². The molecule has 1 aliphatic heterocycles. The summed E-state index contributed by atoms with van der Waals surface area (Å²) in [6, 6.07) is 4.59. The molecule has 2 rings (SSSR count). The van der Waals surface area contributed by atoms with E-state index >= 15 is 0 Å². The third-order valence-electron chi connectivity index (χ3n) is 4.04. The summed E-state index contributed by atoms with van der Waals surface area (Å²) in [4.78, 5) is 24.5. The van der Waals surface area contributed by atoms with Crippen LogP contribution in [0, 0.1) is 16.0 Å². The zero-order valence-electron chi connectivity index (χ0n) is 12.5. The van der Waals surface area contributed by atoms with Crippen LogP contribution < -0.4 is 4.90 Å². The highest BCUT2D eigenvalue weighted by Crippen LogP contribution is 2.35. The third-order valence-corrected chi connectivity index (χ3v) is 4.04. The summed E-state index contributed by atoms with van der Waals surface area (Å²) in [5, 5.41) is 11.2. The molecule has 1 aliphatic rings. The molecule has 114 valence electrons. The number of carbonyl (C=O) groups excluding carboxylic acids is 1. The first-order valence-electron chi connectivity index (χ1n) is 7.07. The monoisotopic (exact) mass is 292 g/mol. The van der Waals surface area contributed by atoms with E-state index in [1.54, 1.807) is 6.07 Å². The van der Waals surface area contributed by atoms with Crippen LogP contribution in [0.1, 0.15) is 37.0 Å². The molecule has 6 nitrogen and oxygen atoms in total. The zero-order chi connectivity index (χ0) is 15.6. The molecule has 0 aliphatic carbocycles. The van der Waals surface area contributed by atoms with Crippen molar-refractivity contribution in [3.05, 3.63) is 33.9 Å². The fourth-order valence-corrected chi connectivity index (χ4v) is 2.92. The molecule has 0 radical (unpaired) electrons. The second-order valence-electron chi connectivity index (χ2n) is 5.62. The number of rotatable bonds is 3. The normalized spacial score (nSPS) is 22.0. The van der Waals surface area contributed by atoms with Gasteiger partial charge in [0.05, 0.1) is 17.6 Å². The lowest BCUT2D eigenvalue weighted by atomic mass is 9.92. The number of nitro benzene ring substituents is 1. The topological polar surface area (TPSA) is 72.7 Å². The number of methoxy groups -OCH3 is 1. The summed E-state index contributed by atoms with van der Waals surface area (Å²) in [5.74, 6) is 0.128. The number of esters is 1. The summed E-state index contributed by atoms with van der Waals surface area (Å²) in [5.41, 5.74) is 0.871. The zero-order valence-corrected chi connectivity index (χ0v) is 12.5. The molecule has 1 fully saturated rings. The number of piperidine rings is 1. The second-order valence-corrected chi connectivity index (χ2v) is 5.62. The van der Waals surface area contributed by atoms with Gasteiger partial charge in [-0.1, -0.05) is 6.92 Å². The molecular weight excluding hydrogens is 272 g/mol. The first-order valence-corrected chi connectivity index (χ1v) is 7.07. The minimum Gasteiger partial charge on any atom is -0.465 e. The van der Waals surface area contributed by atoms with E-state index in [1.165, 1.54) is 19.2 Å². The molecule has 0 aromatic heterocycles. The highest BCUT2D eigenvalue weighted by atomic mass is 16.6. The van der Waals surface area contributed by atoms with Crippen molar-refractivity contribution in [3.63, 3.8) is 0 Å². The van der Waals surface area contributed by atoms with Crippen molar-refractivity contribution in [1.29, 1.82) is 0 Å². The van der Waals surface area contributed by atoms with Gasteiger partial charge in [0.25, 0.3) is 5.69 Å². The fourth-order valence-electron chi connectivity index (χ4n) is 2.92. The Labute approximate surface area is 123 Å². The van der Waals surface area contributed by atoms with Crippen molar-refractivity contribution in [3.8, 4) is 0 Å². The lowest BCUT2D eigenvalue weighted by molar-refractivity contribution is -0.384. The smallest absolute Gasteiger partial charge is 0.337 e. The van der Waals surface area contributed by atoms with Crippen molar-refractivity contribution in [2.75, 3.05) is 18.6 Å². The van der Waals surface area contributed by atoms with Crippen LogP contribution in [-0.4, -0.2) is 30.6 Å². The molecule has 1 aromatic rings. The van der Waals surface area contributed by atoms with E-state index in [0.29, 0.717) is 17.2 Å². The summed E-state index contributed by atoms with van der Waals surface area (Å²) in [6.45, 7) is 5.01. The molecule has 6 heteroatoms. The van der Waals surface area contributed by atoms with Crippen molar-refractivity contribution in [1.82, 2.24) is 0 Å². The maximum Gasteiger partial charge on any atom is 0.337 e. The first kappa shape index (κ1) is 15.3. The third kappa shape index (κ3) is 3.15. The van der Waals surface area contributed by atoms with Crippen LogP contribution in [0.15, 0.2) is 18.2 Å². The van der Waals surface area contributed by atoms with Crippen molar-refractivity contribution < 1.29 is 14.5 Å². The summed E-state index contributed by atoms with van der Waals surface area (Å²) >= 11 is 0. The van der Waals surface area contributed by atoms with Crippen LogP contribution in [0.25, 0.3) is 0 Å². The maximum atomic E-state index is 11.7. The number of ether oxygens (including phenoxy) is 1. The Bertz CT molecular complexity index is 559. The molecule has 0 saturated carbocycles.